The standard InChI is InChI=1S/C13H25N3O/c1-4-8-12(3)17-10-7-6-9-13-11-16(5-2)15-14-13/h11-12H,4-10H2,1-3H3. The first-order valence-electron chi connectivity index (χ1n) is 6.76. The number of ether oxygens (including phenoxy) is 1. The Hall–Kier alpha value is -0.900. The maximum Gasteiger partial charge on any atom is 0.0827 e. The summed E-state index contributed by atoms with van der Waals surface area (Å²) in [6.45, 7) is 8.17. The van der Waals surface area contributed by atoms with Crippen LogP contribution in [-0.2, 0) is 17.7 Å². The van der Waals surface area contributed by atoms with Crippen LogP contribution in [0.5, 0.6) is 0 Å². The van der Waals surface area contributed by atoms with Crippen molar-refractivity contribution in [2.45, 2.75) is 65.5 Å². The summed E-state index contributed by atoms with van der Waals surface area (Å²) in [6, 6.07) is 0. The fraction of sp³-hybridized carbons (Fsp3) is 0.846. The van der Waals surface area contributed by atoms with Gasteiger partial charge in [-0.1, -0.05) is 18.6 Å². The van der Waals surface area contributed by atoms with Gasteiger partial charge < -0.3 is 4.74 Å². The van der Waals surface area contributed by atoms with E-state index in [-0.39, 0.29) is 0 Å². The molecule has 0 aliphatic heterocycles. The minimum atomic E-state index is 0.404. The molecule has 0 aromatic carbocycles. The van der Waals surface area contributed by atoms with Crippen LogP contribution >= 0.6 is 0 Å². The fourth-order valence-corrected chi connectivity index (χ4v) is 1.79. The number of nitrogens with zero attached hydrogens (tertiary/aromatic N) is 3. The molecule has 0 amide bonds. The van der Waals surface area contributed by atoms with Crippen LogP contribution < -0.4 is 0 Å². The van der Waals surface area contributed by atoms with Crippen LogP contribution in [0.2, 0.25) is 0 Å². The zero-order valence-corrected chi connectivity index (χ0v) is 11.4. The van der Waals surface area contributed by atoms with Crippen LogP contribution in [0.25, 0.3) is 0 Å². The molecule has 17 heavy (non-hydrogen) atoms. The van der Waals surface area contributed by atoms with Crippen molar-refractivity contribution in [3.8, 4) is 0 Å². The Morgan fingerprint density at radius 3 is 2.82 bits per heavy atom. The first-order valence-corrected chi connectivity index (χ1v) is 6.76. The monoisotopic (exact) mass is 239 g/mol. The van der Waals surface area contributed by atoms with E-state index in [0.717, 1.165) is 44.5 Å². The third-order valence-electron chi connectivity index (χ3n) is 2.83. The molecule has 0 spiro atoms. The summed E-state index contributed by atoms with van der Waals surface area (Å²) in [5.74, 6) is 0. The summed E-state index contributed by atoms with van der Waals surface area (Å²) in [6.07, 6.45) is 8.02. The molecule has 0 radical (unpaired) electrons. The highest BCUT2D eigenvalue weighted by Gasteiger charge is 2.01. The van der Waals surface area contributed by atoms with Crippen LogP contribution in [0.3, 0.4) is 0 Å². The van der Waals surface area contributed by atoms with Gasteiger partial charge in [-0.3, -0.25) is 4.68 Å². The Kier molecular flexibility index (Phi) is 6.86. The normalized spacial score (nSPS) is 12.9. The molecule has 1 aromatic rings. The van der Waals surface area contributed by atoms with E-state index in [1.807, 2.05) is 10.9 Å². The van der Waals surface area contributed by atoms with Gasteiger partial charge in [0, 0.05) is 19.3 Å². The molecule has 0 saturated heterocycles. The molecule has 4 nitrogen and oxygen atoms in total. The molecule has 0 aliphatic rings. The SMILES string of the molecule is CCCC(C)OCCCCc1cn(CC)nn1. The molecule has 0 saturated carbocycles. The molecule has 1 aromatic heterocycles. The van der Waals surface area contributed by atoms with Gasteiger partial charge in [-0.15, -0.1) is 5.10 Å². The average Bonchev–Trinajstić information content (AvgIpc) is 2.77. The Bertz CT molecular complexity index is 299. The number of aryl methyl sites for hydroxylation is 2. The molecule has 0 N–H and O–H groups in total. The zero-order valence-electron chi connectivity index (χ0n) is 11.4. The Morgan fingerprint density at radius 2 is 2.18 bits per heavy atom. The molecule has 1 atom stereocenters. The highest BCUT2D eigenvalue weighted by molar-refractivity contribution is 4.91. The van der Waals surface area contributed by atoms with Gasteiger partial charge in [-0.05, 0) is 39.5 Å². The van der Waals surface area contributed by atoms with Gasteiger partial charge in [0.2, 0.25) is 0 Å². The van der Waals surface area contributed by atoms with Gasteiger partial charge in [-0.2, -0.15) is 0 Å². The van der Waals surface area contributed by atoms with Gasteiger partial charge in [0.1, 0.15) is 0 Å². The third-order valence-corrected chi connectivity index (χ3v) is 2.83. The maximum atomic E-state index is 5.71. The Balaban J connectivity index is 2.04. The first-order chi connectivity index (χ1) is 8.26. The summed E-state index contributed by atoms with van der Waals surface area (Å²) in [5, 5.41) is 8.14. The maximum absolute atomic E-state index is 5.71. The lowest BCUT2D eigenvalue weighted by Gasteiger charge is -2.11. The van der Waals surface area contributed by atoms with E-state index in [4.69, 9.17) is 4.74 Å². The number of hydrogen-bond acceptors (Lipinski definition) is 3. The highest BCUT2D eigenvalue weighted by atomic mass is 16.5. The van der Waals surface area contributed by atoms with E-state index in [1.54, 1.807) is 0 Å². The molecular weight excluding hydrogens is 214 g/mol. The van der Waals surface area contributed by atoms with E-state index in [0.29, 0.717) is 6.10 Å². The lowest BCUT2D eigenvalue weighted by molar-refractivity contribution is 0.0574. The fourth-order valence-electron chi connectivity index (χ4n) is 1.79. The van der Waals surface area contributed by atoms with E-state index in [2.05, 4.69) is 31.1 Å². The summed E-state index contributed by atoms with van der Waals surface area (Å²) in [4.78, 5) is 0. The van der Waals surface area contributed by atoms with Crippen LogP contribution in [0, 0.1) is 0 Å². The van der Waals surface area contributed by atoms with Crippen LogP contribution in [0.4, 0.5) is 0 Å². The van der Waals surface area contributed by atoms with Crippen LogP contribution in [0.1, 0.15) is 52.1 Å². The average molecular weight is 239 g/mol. The van der Waals surface area contributed by atoms with E-state index in [9.17, 15) is 0 Å². The van der Waals surface area contributed by atoms with Crippen molar-refractivity contribution >= 4 is 0 Å². The lowest BCUT2D eigenvalue weighted by Crippen LogP contribution is -2.08. The van der Waals surface area contributed by atoms with Crippen LogP contribution in [-0.4, -0.2) is 27.7 Å². The van der Waals surface area contributed by atoms with Crippen molar-refractivity contribution in [2.24, 2.45) is 0 Å². The highest BCUT2D eigenvalue weighted by Crippen LogP contribution is 2.05. The second-order valence-electron chi connectivity index (χ2n) is 4.49. The smallest absolute Gasteiger partial charge is 0.0827 e. The molecule has 1 rings (SSSR count). The minimum absolute atomic E-state index is 0.404. The quantitative estimate of drug-likeness (QED) is 0.622. The van der Waals surface area contributed by atoms with Crippen molar-refractivity contribution in [3.63, 3.8) is 0 Å². The predicted molar refractivity (Wildman–Crippen MR) is 69.0 cm³/mol. The summed E-state index contributed by atoms with van der Waals surface area (Å²) < 4.78 is 7.58. The molecule has 0 fully saturated rings. The van der Waals surface area contributed by atoms with Crippen molar-refractivity contribution in [1.82, 2.24) is 15.0 Å². The largest absolute Gasteiger partial charge is 0.379 e. The lowest BCUT2D eigenvalue weighted by atomic mass is 10.2. The minimum Gasteiger partial charge on any atom is -0.379 e. The molecule has 1 unspecified atom stereocenters. The molecule has 0 aliphatic carbocycles. The van der Waals surface area contributed by atoms with E-state index in [1.165, 1.54) is 6.42 Å². The summed E-state index contributed by atoms with van der Waals surface area (Å²) >= 11 is 0. The van der Waals surface area contributed by atoms with Crippen LogP contribution in [0.15, 0.2) is 6.20 Å². The van der Waals surface area contributed by atoms with Gasteiger partial charge >= 0.3 is 0 Å². The number of aromatic nitrogens is 3. The van der Waals surface area contributed by atoms with E-state index < -0.39 is 0 Å². The predicted octanol–water partition coefficient (Wildman–Crippen LogP) is 2.83. The van der Waals surface area contributed by atoms with Crippen molar-refractivity contribution < 1.29 is 4.74 Å². The number of hydrogen-bond donors (Lipinski definition) is 0. The second kappa shape index (κ2) is 8.23. The van der Waals surface area contributed by atoms with E-state index >= 15 is 0 Å². The summed E-state index contributed by atoms with van der Waals surface area (Å²) in [5.41, 5.74) is 1.09. The molecule has 1 heterocycles. The molecule has 4 heteroatoms. The molecule has 0 bridgehead atoms. The van der Waals surface area contributed by atoms with Crippen molar-refractivity contribution in [2.75, 3.05) is 6.61 Å². The van der Waals surface area contributed by atoms with Gasteiger partial charge in [-0.25, -0.2) is 0 Å². The zero-order chi connectivity index (χ0) is 12.5. The third kappa shape index (κ3) is 5.82. The number of rotatable bonds is 9. The Labute approximate surface area is 104 Å². The topological polar surface area (TPSA) is 39.9 Å². The number of unbranched alkanes of at least 4 members (excludes halogenated alkanes) is 1. The second-order valence-corrected chi connectivity index (χ2v) is 4.49. The van der Waals surface area contributed by atoms with Crippen molar-refractivity contribution in [3.05, 3.63) is 11.9 Å². The first kappa shape index (κ1) is 14.2. The van der Waals surface area contributed by atoms with Gasteiger partial charge in [0.05, 0.1) is 11.8 Å². The molecular formula is C13H25N3O. The Morgan fingerprint density at radius 1 is 1.35 bits per heavy atom. The summed E-state index contributed by atoms with van der Waals surface area (Å²) in [7, 11) is 0. The molecule has 98 valence electrons. The van der Waals surface area contributed by atoms with Crippen molar-refractivity contribution in [1.29, 1.82) is 0 Å². The van der Waals surface area contributed by atoms with Gasteiger partial charge in [0.25, 0.3) is 0 Å². The van der Waals surface area contributed by atoms with Gasteiger partial charge in [0.15, 0.2) is 0 Å².